The molecule has 0 fully saturated rings. The van der Waals surface area contributed by atoms with E-state index in [9.17, 15) is 0 Å². The summed E-state index contributed by atoms with van der Waals surface area (Å²) in [4.78, 5) is 8.64. The van der Waals surface area contributed by atoms with Gasteiger partial charge in [0.2, 0.25) is 0 Å². The Labute approximate surface area is 84.7 Å². The van der Waals surface area contributed by atoms with E-state index >= 15 is 0 Å². The van der Waals surface area contributed by atoms with Crippen molar-refractivity contribution in [3.05, 3.63) is 20.8 Å². The molecule has 2 rings (SSSR count). The molecule has 1 aromatic heterocycles. The summed E-state index contributed by atoms with van der Waals surface area (Å²) in [6, 6.07) is 0. The molecule has 0 aliphatic carbocycles. The molecule has 3 nitrogen and oxygen atoms in total. The Morgan fingerprint density at radius 1 is 1.42 bits per heavy atom. The summed E-state index contributed by atoms with van der Waals surface area (Å²) in [5, 5.41) is 0. The molecule has 1 aromatic rings. The first-order valence-electron chi connectivity index (χ1n) is 3.87. The number of rotatable bonds is 0. The van der Waals surface area contributed by atoms with Gasteiger partial charge in [-0.15, -0.1) is 0 Å². The second-order valence-electron chi connectivity index (χ2n) is 2.79. The van der Waals surface area contributed by atoms with Crippen LogP contribution in [0.4, 0.5) is 0 Å². The van der Waals surface area contributed by atoms with Gasteiger partial charge in [-0.05, 0) is 29.5 Å². The first kappa shape index (κ1) is 8.37. The molecule has 0 unspecified atom stereocenters. The average Bonchev–Trinajstić information content (AvgIpc) is 2.04. The molecule has 2 heterocycles. The monoisotopic (exact) mass is 276 g/mol. The Morgan fingerprint density at radius 2 is 2.25 bits per heavy atom. The van der Waals surface area contributed by atoms with Crippen molar-refractivity contribution in [1.82, 2.24) is 9.97 Å². The summed E-state index contributed by atoms with van der Waals surface area (Å²) >= 11 is 2.26. The Bertz CT molecular complexity index is 314. The van der Waals surface area contributed by atoms with Crippen molar-refractivity contribution in [3.63, 3.8) is 0 Å². The third-order valence-electron chi connectivity index (χ3n) is 1.89. The third kappa shape index (κ3) is 1.45. The minimum absolute atomic E-state index is 0.648. The number of aromatic nitrogens is 2. The SMILES string of the molecule is Cc1nc(I)c2c(n1)COCC2. The summed E-state index contributed by atoms with van der Waals surface area (Å²) in [5.74, 6) is 0.837. The zero-order chi connectivity index (χ0) is 8.55. The van der Waals surface area contributed by atoms with Crippen LogP contribution >= 0.6 is 22.6 Å². The highest BCUT2D eigenvalue weighted by Gasteiger charge is 2.14. The Balaban J connectivity index is 2.53. The van der Waals surface area contributed by atoms with Crippen molar-refractivity contribution in [2.75, 3.05) is 6.61 Å². The summed E-state index contributed by atoms with van der Waals surface area (Å²) in [6.45, 7) is 3.36. The van der Waals surface area contributed by atoms with E-state index in [0.717, 1.165) is 28.2 Å². The summed E-state index contributed by atoms with van der Waals surface area (Å²) < 4.78 is 6.39. The molecule has 4 heteroatoms. The number of fused-ring (bicyclic) bond motifs is 1. The van der Waals surface area contributed by atoms with E-state index < -0.39 is 0 Å². The number of hydrogen-bond donors (Lipinski definition) is 0. The maximum atomic E-state index is 5.31. The van der Waals surface area contributed by atoms with Crippen LogP contribution in [0.2, 0.25) is 0 Å². The predicted octanol–water partition coefficient (Wildman–Crippen LogP) is 1.46. The topological polar surface area (TPSA) is 35.0 Å². The van der Waals surface area contributed by atoms with Crippen LogP contribution in [-0.4, -0.2) is 16.6 Å². The van der Waals surface area contributed by atoms with E-state index in [1.54, 1.807) is 0 Å². The first-order chi connectivity index (χ1) is 5.77. The number of hydrogen-bond acceptors (Lipinski definition) is 3. The highest BCUT2D eigenvalue weighted by molar-refractivity contribution is 14.1. The van der Waals surface area contributed by atoms with E-state index in [2.05, 4.69) is 32.6 Å². The van der Waals surface area contributed by atoms with Gasteiger partial charge in [-0.25, -0.2) is 9.97 Å². The van der Waals surface area contributed by atoms with Crippen LogP contribution in [0.25, 0.3) is 0 Å². The normalized spacial score (nSPS) is 15.8. The van der Waals surface area contributed by atoms with Gasteiger partial charge in [0.15, 0.2) is 0 Å². The maximum Gasteiger partial charge on any atom is 0.126 e. The molecule has 0 saturated carbocycles. The van der Waals surface area contributed by atoms with E-state index in [1.165, 1.54) is 5.56 Å². The molecule has 0 amide bonds. The highest BCUT2D eigenvalue weighted by Crippen LogP contribution is 2.19. The van der Waals surface area contributed by atoms with Crippen LogP contribution in [0, 0.1) is 10.6 Å². The van der Waals surface area contributed by atoms with Gasteiger partial charge in [0.25, 0.3) is 0 Å². The number of ether oxygens (including phenoxy) is 1. The quantitative estimate of drug-likeness (QED) is 0.531. The first-order valence-corrected chi connectivity index (χ1v) is 4.95. The lowest BCUT2D eigenvalue weighted by Crippen LogP contribution is -2.15. The van der Waals surface area contributed by atoms with Crippen molar-refractivity contribution in [1.29, 1.82) is 0 Å². The average molecular weight is 276 g/mol. The van der Waals surface area contributed by atoms with E-state index in [-0.39, 0.29) is 0 Å². The molecule has 0 bridgehead atoms. The number of nitrogens with zero attached hydrogens (tertiary/aromatic N) is 2. The van der Waals surface area contributed by atoms with Crippen LogP contribution in [0.5, 0.6) is 0 Å². The molecule has 64 valence electrons. The molecule has 0 aromatic carbocycles. The molecule has 0 N–H and O–H groups in total. The lowest BCUT2D eigenvalue weighted by atomic mass is 10.1. The van der Waals surface area contributed by atoms with Crippen molar-refractivity contribution in [3.8, 4) is 0 Å². The molecule has 0 atom stereocenters. The summed E-state index contributed by atoms with van der Waals surface area (Å²) in [5.41, 5.74) is 2.34. The fourth-order valence-electron chi connectivity index (χ4n) is 1.33. The summed E-state index contributed by atoms with van der Waals surface area (Å²) in [7, 11) is 0. The molecular formula is C8H9IN2O. The fraction of sp³-hybridized carbons (Fsp3) is 0.500. The zero-order valence-corrected chi connectivity index (χ0v) is 8.96. The van der Waals surface area contributed by atoms with Gasteiger partial charge >= 0.3 is 0 Å². The van der Waals surface area contributed by atoms with Gasteiger partial charge in [-0.3, -0.25) is 0 Å². The van der Waals surface area contributed by atoms with Crippen molar-refractivity contribution in [2.24, 2.45) is 0 Å². The minimum atomic E-state index is 0.648. The molecule has 12 heavy (non-hydrogen) atoms. The largest absolute Gasteiger partial charge is 0.375 e. The van der Waals surface area contributed by atoms with Gasteiger partial charge in [-0.1, -0.05) is 0 Å². The van der Waals surface area contributed by atoms with Gasteiger partial charge < -0.3 is 4.74 Å². The fourth-order valence-corrected chi connectivity index (χ4v) is 2.26. The smallest absolute Gasteiger partial charge is 0.126 e. The predicted molar refractivity (Wildman–Crippen MR) is 52.8 cm³/mol. The molecule has 0 radical (unpaired) electrons. The second-order valence-corrected chi connectivity index (χ2v) is 3.81. The molecule has 1 aliphatic rings. The van der Waals surface area contributed by atoms with Gasteiger partial charge in [0.1, 0.15) is 9.53 Å². The number of halogens is 1. The van der Waals surface area contributed by atoms with Crippen molar-refractivity contribution >= 4 is 22.6 Å². The number of aryl methyl sites for hydroxylation is 1. The van der Waals surface area contributed by atoms with Gasteiger partial charge in [0.05, 0.1) is 18.9 Å². The maximum absolute atomic E-state index is 5.31. The second kappa shape index (κ2) is 3.26. The molecule has 1 aliphatic heterocycles. The lowest BCUT2D eigenvalue weighted by Gasteiger charge is -2.16. The van der Waals surface area contributed by atoms with Crippen LogP contribution in [0.15, 0.2) is 0 Å². The van der Waals surface area contributed by atoms with Crippen LogP contribution in [0.1, 0.15) is 17.1 Å². The van der Waals surface area contributed by atoms with Crippen LogP contribution in [-0.2, 0) is 17.8 Å². The summed E-state index contributed by atoms with van der Waals surface area (Å²) in [6.07, 6.45) is 0.952. The van der Waals surface area contributed by atoms with Gasteiger partial charge in [0, 0.05) is 12.0 Å². The highest BCUT2D eigenvalue weighted by atomic mass is 127. The van der Waals surface area contributed by atoms with Gasteiger partial charge in [-0.2, -0.15) is 0 Å². The third-order valence-corrected chi connectivity index (χ3v) is 2.78. The minimum Gasteiger partial charge on any atom is -0.375 e. The van der Waals surface area contributed by atoms with Crippen molar-refractivity contribution in [2.45, 2.75) is 20.0 Å². The Morgan fingerprint density at radius 3 is 3.08 bits per heavy atom. The zero-order valence-electron chi connectivity index (χ0n) is 6.80. The van der Waals surface area contributed by atoms with E-state index in [1.807, 2.05) is 6.92 Å². The van der Waals surface area contributed by atoms with E-state index in [0.29, 0.717) is 6.61 Å². The lowest BCUT2D eigenvalue weighted by molar-refractivity contribution is 0.106. The molecule has 0 saturated heterocycles. The Hall–Kier alpha value is -0.230. The molecule has 0 spiro atoms. The van der Waals surface area contributed by atoms with Crippen molar-refractivity contribution < 1.29 is 4.74 Å². The van der Waals surface area contributed by atoms with Crippen LogP contribution < -0.4 is 0 Å². The Kier molecular flexibility index (Phi) is 2.27. The van der Waals surface area contributed by atoms with Crippen LogP contribution in [0.3, 0.4) is 0 Å². The van der Waals surface area contributed by atoms with E-state index in [4.69, 9.17) is 4.74 Å². The molecular weight excluding hydrogens is 267 g/mol. The standard InChI is InChI=1S/C8H9IN2O/c1-5-10-7-4-12-3-2-6(7)8(9)11-5/h2-4H2,1H3.